The minimum atomic E-state index is -4.91. The molecule has 0 radical (unpaired) electrons. The predicted octanol–water partition coefficient (Wildman–Crippen LogP) is 5.18. The fraction of sp³-hybridized carbons (Fsp3) is 0.423. The third kappa shape index (κ3) is 4.57. The Kier molecular flexibility index (Phi) is 6.13. The van der Waals surface area contributed by atoms with Gasteiger partial charge in [-0.25, -0.2) is 9.97 Å². The molecule has 0 bridgehead atoms. The minimum Gasteiger partial charge on any atom is -0.378 e. The molecule has 1 fully saturated rings. The molecule has 1 aliphatic carbocycles. The van der Waals surface area contributed by atoms with Crippen molar-refractivity contribution < 1.29 is 22.7 Å². The molecule has 1 N–H and O–H groups in total. The second kappa shape index (κ2) is 9.11. The van der Waals surface area contributed by atoms with Crippen LogP contribution in [0, 0.1) is 6.92 Å². The summed E-state index contributed by atoms with van der Waals surface area (Å²) in [4.78, 5) is 23.5. The number of fused-ring (bicyclic) bond motifs is 3. The molecule has 0 amide bonds. The summed E-state index contributed by atoms with van der Waals surface area (Å²) >= 11 is 0. The molecule has 2 heterocycles. The van der Waals surface area contributed by atoms with E-state index in [1.807, 2.05) is 13.8 Å². The van der Waals surface area contributed by atoms with Crippen LogP contribution >= 0.6 is 0 Å². The first-order valence-electron chi connectivity index (χ1n) is 11.9. The molecule has 35 heavy (non-hydrogen) atoms. The molecule has 6 nitrogen and oxygen atoms in total. The van der Waals surface area contributed by atoms with Crippen LogP contribution < -0.4 is 10.2 Å². The fourth-order valence-corrected chi connectivity index (χ4v) is 5.06. The van der Waals surface area contributed by atoms with E-state index in [0.717, 1.165) is 43.3 Å². The molecule has 0 saturated carbocycles. The Morgan fingerprint density at radius 1 is 1.11 bits per heavy atom. The molecular formula is C26H27F3N4O2. The zero-order valence-electron chi connectivity index (χ0n) is 19.7. The number of rotatable bonds is 5. The van der Waals surface area contributed by atoms with Crippen LogP contribution in [0.1, 0.15) is 52.3 Å². The molecule has 1 aliphatic heterocycles. The number of nitrogens with zero attached hydrogens (tertiary/aromatic N) is 3. The fourth-order valence-electron chi connectivity index (χ4n) is 5.06. The van der Waals surface area contributed by atoms with Crippen molar-refractivity contribution in [3.63, 3.8) is 0 Å². The van der Waals surface area contributed by atoms with Crippen molar-refractivity contribution in [3.05, 3.63) is 58.4 Å². The lowest BCUT2D eigenvalue weighted by Gasteiger charge is -2.31. The first kappa shape index (κ1) is 23.5. The zero-order valence-corrected chi connectivity index (χ0v) is 19.7. The van der Waals surface area contributed by atoms with Gasteiger partial charge in [0.15, 0.2) is 0 Å². The number of nitrogens with one attached hydrogen (secondary N) is 1. The van der Waals surface area contributed by atoms with E-state index in [1.165, 1.54) is 35.0 Å². The van der Waals surface area contributed by atoms with E-state index in [1.54, 1.807) is 6.07 Å². The van der Waals surface area contributed by atoms with Crippen LogP contribution in [0.3, 0.4) is 0 Å². The zero-order chi connectivity index (χ0) is 24.7. The largest absolute Gasteiger partial charge is 0.454 e. The second-order valence-electron chi connectivity index (χ2n) is 9.14. The lowest BCUT2D eigenvalue weighted by molar-refractivity contribution is -0.0885. The smallest absolute Gasteiger partial charge is 0.378 e. The van der Waals surface area contributed by atoms with Gasteiger partial charge in [-0.05, 0) is 61.9 Å². The Hall–Kier alpha value is -3.20. The number of aryl methyl sites for hydroxylation is 2. The number of morpholine rings is 1. The van der Waals surface area contributed by atoms with Gasteiger partial charge in [-0.3, -0.25) is 4.79 Å². The number of Topliss-reactive ketones (excluding diaryl/α,β-unsaturated/α-hetero) is 1. The van der Waals surface area contributed by atoms with Gasteiger partial charge in [-0.15, -0.1) is 0 Å². The number of alkyl halides is 3. The van der Waals surface area contributed by atoms with Gasteiger partial charge in [-0.2, -0.15) is 13.2 Å². The Morgan fingerprint density at radius 2 is 1.86 bits per heavy atom. The van der Waals surface area contributed by atoms with Gasteiger partial charge in [0, 0.05) is 35.8 Å². The Labute approximate surface area is 201 Å². The second-order valence-corrected chi connectivity index (χ2v) is 9.14. The summed E-state index contributed by atoms with van der Waals surface area (Å²) in [7, 11) is 0. The third-order valence-corrected chi connectivity index (χ3v) is 6.76. The molecule has 2 aromatic carbocycles. The maximum absolute atomic E-state index is 12.9. The lowest BCUT2D eigenvalue weighted by Crippen LogP contribution is -2.36. The molecule has 184 valence electrons. The molecule has 0 spiro atoms. The van der Waals surface area contributed by atoms with Gasteiger partial charge in [0.1, 0.15) is 11.6 Å². The number of benzene rings is 2. The van der Waals surface area contributed by atoms with Crippen molar-refractivity contribution in [2.75, 3.05) is 36.5 Å². The number of aromatic nitrogens is 2. The average Bonchev–Trinajstić information content (AvgIpc) is 3.33. The van der Waals surface area contributed by atoms with Crippen LogP contribution in [-0.4, -0.2) is 48.2 Å². The van der Waals surface area contributed by atoms with E-state index in [0.29, 0.717) is 30.4 Å². The number of ketones is 1. The minimum absolute atomic E-state index is 0.375. The molecule has 2 aliphatic rings. The molecule has 1 aromatic heterocycles. The summed E-state index contributed by atoms with van der Waals surface area (Å²) in [6.45, 7) is 6.71. The molecule has 3 aromatic rings. The lowest BCUT2D eigenvalue weighted by atomic mass is 10.0. The highest BCUT2D eigenvalue weighted by Crippen LogP contribution is 2.39. The van der Waals surface area contributed by atoms with Crippen molar-refractivity contribution in [1.82, 2.24) is 9.97 Å². The van der Waals surface area contributed by atoms with Gasteiger partial charge in [-0.1, -0.05) is 18.2 Å². The number of hydrogen-bond donors (Lipinski definition) is 1. The highest BCUT2D eigenvalue weighted by Gasteiger charge is 2.39. The Bertz CT molecular complexity index is 1290. The maximum Gasteiger partial charge on any atom is 0.454 e. The summed E-state index contributed by atoms with van der Waals surface area (Å²) in [5.74, 6) is -0.584. The first-order chi connectivity index (χ1) is 16.7. The van der Waals surface area contributed by atoms with Crippen LogP contribution in [0.4, 0.5) is 24.7 Å². The van der Waals surface area contributed by atoms with Crippen molar-refractivity contribution in [2.45, 2.75) is 45.3 Å². The molecule has 5 rings (SSSR count). The van der Waals surface area contributed by atoms with Crippen LogP contribution in [0.5, 0.6) is 0 Å². The van der Waals surface area contributed by atoms with Crippen LogP contribution in [-0.2, 0) is 17.6 Å². The first-order valence-corrected chi connectivity index (χ1v) is 11.9. The Balaban J connectivity index is 1.54. The SMILES string of the molecule is Cc1nc(NC(C)c2cccc(C(=O)C(F)(F)F)c2)c2cc(N3CCOCC3)c3c(c2n1)CCC3. The van der Waals surface area contributed by atoms with E-state index in [4.69, 9.17) is 9.72 Å². The summed E-state index contributed by atoms with van der Waals surface area (Å²) in [6, 6.07) is 7.42. The van der Waals surface area contributed by atoms with Crippen LogP contribution in [0.2, 0.25) is 0 Å². The Morgan fingerprint density at radius 3 is 2.60 bits per heavy atom. The van der Waals surface area contributed by atoms with Gasteiger partial charge in [0.2, 0.25) is 0 Å². The topological polar surface area (TPSA) is 67.4 Å². The monoisotopic (exact) mass is 484 g/mol. The highest BCUT2D eigenvalue weighted by atomic mass is 19.4. The van der Waals surface area contributed by atoms with E-state index in [2.05, 4.69) is 21.3 Å². The van der Waals surface area contributed by atoms with Crippen molar-refractivity contribution in [3.8, 4) is 0 Å². The number of hydrogen-bond acceptors (Lipinski definition) is 6. The quantitative estimate of drug-likeness (QED) is 0.504. The molecule has 1 saturated heterocycles. The number of carbonyl (C=O) groups is 1. The van der Waals surface area contributed by atoms with Gasteiger partial charge in [0.25, 0.3) is 5.78 Å². The summed E-state index contributed by atoms with van der Waals surface area (Å²) < 4.78 is 44.4. The normalized spacial score (nSPS) is 16.9. The van der Waals surface area contributed by atoms with Crippen molar-refractivity contribution in [2.24, 2.45) is 0 Å². The molecule has 1 atom stereocenters. The predicted molar refractivity (Wildman–Crippen MR) is 128 cm³/mol. The average molecular weight is 485 g/mol. The van der Waals surface area contributed by atoms with Crippen molar-refractivity contribution in [1.29, 1.82) is 0 Å². The number of ether oxygens (including phenoxy) is 1. The number of halogens is 3. The summed E-state index contributed by atoms with van der Waals surface area (Å²) in [5, 5.41) is 4.28. The van der Waals surface area contributed by atoms with Crippen LogP contribution in [0.25, 0.3) is 10.9 Å². The standard InChI is InChI=1S/C26H27F3N4O2/c1-15(17-5-3-6-18(13-17)24(34)26(27,28)29)30-25-21-14-22(33-9-11-35-12-10-33)19-7-4-8-20(19)23(21)31-16(2)32-25/h3,5-6,13-15H,4,7-12H2,1-2H3,(H,30,31,32). The highest BCUT2D eigenvalue weighted by molar-refractivity contribution is 6.00. The third-order valence-electron chi connectivity index (χ3n) is 6.76. The van der Waals surface area contributed by atoms with E-state index >= 15 is 0 Å². The summed E-state index contributed by atoms with van der Waals surface area (Å²) in [5.41, 5.74) is 4.91. The van der Waals surface area contributed by atoms with Crippen molar-refractivity contribution >= 4 is 28.2 Å². The van der Waals surface area contributed by atoms with Gasteiger partial charge >= 0.3 is 6.18 Å². The number of anilines is 2. The van der Waals surface area contributed by atoms with Gasteiger partial charge < -0.3 is 15.0 Å². The van der Waals surface area contributed by atoms with E-state index < -0.39 is 12.0 Å². The molecular weight excluding hydrogens is 457 g/mol. The molecule has 9 heteroatoms. The van der Waals surface area contributed by atoms with Gasteiger partial charge in [0.05, 0.1) is 18.7 Å². The van der Waals surface area contributed by atoms with E-state index in [9.17, 15) is 18.0 Å². The number of carbonyl (C=O) groups excluding carboxylic acids is 1. The van der Waals surface area contributed by atoms with Crippen LogP contribution in [0.15, 0.2) is 30.3 Å². The maximum atomic E-state index is 12.9. The molecule has 1 unspecified atom stereocenters. The van der Waals surface area contributed by atoms with E-state index in [-0.39, 0.29) is 11.6 Å². The summed E-state index contributed by atoms with van der Waals surface area (Å²) in [6.07, 6.45) is -1.86.